The molecular formula is C45H28N4O. The van der Waals surface area contributed by atoms with Gasteiger partial charge in [-0.3, -0.25) is 4.57 Å². The molecule has 5 nitrogen and oxygen atoms in total. The lowest BCUT2D eigenvalue weighted by molar-refractivity contribution is 0.669. The Balaban J connectivity index is 1.19. The second-order valence-corrected chi connectivity index (χ2v) is 12.5. The number of hydrogen-bond acceptors (Lipinski definition) is 4. The van der Waals surface area contributed by atoms with E-state index in [-0.39, 0.29) is 0 Å². The normalized spacial score (nSPS) is 11.6. The van der Waals surface area contributed by atoms with Crippen LogP contribution in [0.4, 0.5) is 0 Å². The van der Waals surface area contributed by atoms with E-state index in [2.05, 4.69) is 120 Å². The van der Waals surface area contributed by atoms with Crippen molar-refractivity contribution in [2.45, 2.75) is 0 Å². The molecule has 0 aliphatic heterocycles. The van der Waals surface area contributed by atoms with Crippen LogP contribution >= 0.6 is 0 Å². The van der Waals surface area contributed by atoms with Crippen LogP contribution in [0.2, 0.25) is 0 Å². The van der Waals surface area contributed by atoms with Gasteiger partial charge in [0.2, 0.25) is 5.95 Å². The zero-order valence-corrected chi connectivity index (χ0v) is 26.9. The Morgan fingerprint density at radius 3 is 1.48 bits per heavy atom. The lowest BCUT2D eigenvalue weighted by atomic mass is 10.0. The summed E-state index contributed by atoms with van der Waals surface area (Å²) in [5.41, 5.74) is 10.2. The molecule has 0 N–H and O–H groups in total. The van der Waals surface area contributed by atoms with Gasteiger partial charge in [-0.1, -0.05) is 121 Å². The molecule has 0 saturated heterocycles. The van der Waals surface area contributed by atoms with Crippen LogP contribution in [0, 0.1) is 0 Å². The summed E-state index contributed by atoms with van der Waals surface area (Å²) in [5, 5.41) is 4.36. The fraction of sp³-hybridized carbons (Fsp3) is 0. The molecule has 50 heavy (non-hydrogen) atoms. The van der Waals surface area contributed by atoms with Gasteiger partial charge in [-0.25, -0.2) is 4.98 Å². The van der Waals surface area contributed by atoms with Crippen molar-refractivity contribution < 1.29 is 4.42 Å². The first-order valence-corrected chi connectivity index (χ1v) is 16.7. The van der Waals surface area contributed by atoms with Gasteiger partial charge in [0.05, 0.1) is 11.0 Å². The molecule has 5 heteroatoms. The van der Waals surface area contributed by atoms with E-state index in [9.17, 15) is 0 Å². The van der Waals surface area contributed by atoms with Crippen molar-refractivity contribution in [1.29, 1.82) is 0 Å². The first kappa shape index (κ1) is 28.2. The average molecular weight is 641 g/mol. The lowest BCUT2D eigenvalue weighted by Gasteiger charge is -2.11. The highest BCUT2D eigenvalue weighted by Crippen LogP contribution is 2.37. The van der Waals surface area contributed by atoms with E-state index >= 15 is 0 Å². The molecule has 0 radical (unpaired) electrons. The molecule has 0 aliphatic carbocycles. The van der Waals surface area contributed by atoms with Crippen LogP contribution < -0.4 is 0 Å². The van der Waals surface area contributed by atoms with E-state index in [1.54, 1.807) is 0 Å². The molecule has 0 saturated carbocycles. The van der Waals surface area contributed by atoms with Gasteiger partial charge in [-0.15, -0.1) is 0 Å². The third-order valence-electron chi connectivity index (χ3n) is 9.47. The van der Waals surface area contributed by atoms with Gasteiger partial charge in [0.1, 0.15) is 11.2 Å². The van der Waals surface area contributed by atoms with Crippen molar-refractivity contribution in [2.75, 3.05) is 0 Å². The first-order chi connectivity index (χ1) is 24.8. The molecule has 0 unspecified atom stereocenters. The van der Waals surface area contributed by atoms with Crippen molar-refractivity contribution in [1.82, 2.24) is 19.5 Å². The quantitative estimate of drug-likeness (QED) is 0.188. The second kappa shape index (κ2) is 11.4. The van der Waals surface area contributed by atoms with Crippen molar-refractivity contribution in [3.05, 3.63) is 170 Å². The van der Waals surface area contributed by atoms with Gasteiger partial charge in [-0.05, 0) is 70.8 Å². The van der Waals surface area contributed by atoms with Crippen LogP contribution in [0.5, 0.6) is 0 Å². The maximum Gasteiger partial charge on any atom is 0.238 e. The number of fused-ring (bicyclic) bond motifs is 6. The van der Waals surface area contributed by atoms with Crippen molar-refractivity contribution >= 4 is 43.7 Å². The summed E-state index contributed by atoms with van der Waals surface area (Å²) < 4.78 is 8.45. The van der Waals surface area contributed by atoms with Crippen molar-refractivity contribution in [3.8, 4) is 51.0 Å². The van der Waals surface area contributed by atoms with Gasteiger partial charge in [0, 0.05) is 32.7 Å². The third-order valence-corrected chi connectivity index (χ3v) is 9.47. The molecule has 10 aromatic rings. The first-order valence-electron chi connectivity index (χ1n) is 16.7. The van der Waals surface area contributed by atoms with E-state index in [1.165, 1.54) is 11.1 Å². The highest BCUT2D eigenvalue weighted by molar-refractivity contribution is 6.10. The minimum absolute atomic E-state index is 0.566. The van der Waals surface area contributed by atoms with Crippen LogP contribution in [0.25, 0.3) is 94.7 Å². The van der Waals surface area contributed by atoms with Crippen LogP contribution in [-0.2, 0) is 0 Å². The average Bonchev–Trinajstić information content (AvgIpc) is 3.73. The van der Waals surface area contributed by atoms with Crippen molar-refractivity contribution in [3.63, 3.8) is 0 Å². The highest BCUT2D eigenvalue weighted by atomic mass is 16.3. The summed E-state index contributed by atoms with van der Waals surface area (Å²) in [7, 11) is 0. The molecule has 0 aliphatic rings. The smallest absolute Gasteiger partial charge is 0.238 e. The monoisotopic (exact) mass is 640 g/mol. The molecule has 234 valence electrons. The molecule has 0 amide bonds. The summed E-state index contributed by atoms with van der Waals surface area (Å²) >= 11 is 0. The Kier molecular flexibility index (Phi) is 6.42. The highest BCUT2D eigenvalue weighted by Gasteiger charge is 2.19. The van der Waals surface area contributed by atoms with Crippen LogP contribution in [0.3, 0.4) is 0 Å². The zero-order chi connectivity index (χ0) is 33.0. The van der Waals surface area contributed by atoms with Crippen molar-refractivity contribution in [2.24, 2.45) is 0 Å². The fourth-order valence-corrected chi connectivity index (χ4v) is 7.04. The van der Waals surface area contributed by atoms with Crippen LogP contribution in [-0.4, -0.2) is 19.5 Å². The molecular weight excluding hydrogens is 613 g/mol. The van der Waals surface area contributed by atoms with Gasteiger partial charge in [0.25, 0.3) is 0 Å². The predicted molar refractivity (Wildman–Crippen MR) is 203 cm³/mol. The lowest BCUT2D eigenvalue weighted by Crippen LogP contribution is -2.06. The van der Waals surface area contributed by atoms with Gasteiger partial charge >= 0.3 is 0 Å². The van der Waals surface area contributed by atoms with Gasteiger partial charge < -0.3 is 4.42 Å². The van der Waals surface area contributed by atoms with E-state index < -0.39 is 0 Å². The number of rotatable bonds is 5. The molecule has 0 fully saturated rings. The number of benzene rings is 7. The number of furan rings is 1. The summed E-state index contributed by atoms with van der Waals surface area (Å²) in [6.45, 7) is 0. The standard InChI is InChI=1S/C45H28N4O/c1-4-12-29(13-5-1)32-20-23-40-36(26-32)35-18-10-11-19-39(35)49(40)45-47-43(31-16-8-3-9-17-31)46-44(48-45)34-22-25-42-38(28-34)37-27-33(21-24-41(37)50-42)30-14-6-2-7-15-30/h1-28H. The van der Waals surface area contributed by atoms with Crippen LogP contribution in [0.1, 0.15) is 0 Å². The van der Waals surface area contributed by atoms with Crippen LogP contribution in [0.15, 0.2) is 174 Å². The summed E-state index contributed by atoms with van der Waals surface area (Å²) in [5.74, 6) is 1.77. The minimum atomic E-state index is 0.566. The SMILES string of the molecule is c1ccc(-c2ccc3oc4ccc(-c5nc(-c6ccccc6)nc(-n6c7ccccc7c7cc(-c8ccccc8)ccc76)n5)cc4c3c2)cc1. The van der Waals surface area contributed by atoms with E-state index in [4.69, 9.17) is 19.4 Å². The van der Waals surface area contributed by atoms with Gasteiger partial charge in [0.15, 0.2) is 11.6 Å². The topological polar surface area (TPSA) is 56.7 Å². The summed E-state index contributed by atoms with van der Waals surface area (Å²) in [6, 6.07) is 58.7. The molecule has 0 atom stereocenters. The zero-order valence-electron chi connectivity index (χ0n) is 26.9. The van der Waals surface area contributed by atoms with E-state index in [0.717, 1.165) is 66.0 Å². The predicted octanol–water partition coefficient (Wildman–Crippen LogP) is 11.5. The summed E-state index contributed by atoms with van der Waals surface area (Å²) in [6.07, 6.45) is 0. The molecule has 3 aromatic heterocycles. The third kappa shape index (κ3) is 4.67. The number of hydrogen-bond donors (Lipinski definition) is 0. The Hall–Kier alpha value is -6.85. The number of para-hydroxylation sites is 1. The minimum Gasteiger partial charge on any atom is -0.456 e. The molecule has 10 rings (SSSR count). The Morgan fingerprint density at radius 2 is 0.820 bits per heavy atom. The number of nitrogens with zero attached hydrogens (tertiary/aromatic N) is 4. The maximum atomic E-state index is 6.29. The Morgan fingerprint density at radius 1 is 0.340 bits per heavy atom. The van der Waals surface area contributed by atoms with E-state index in [0.29, 0.717) is 17.6 Å². The maximum absolute atomic E-state index is 6.29. The summed E-state index contributed by atoms with van der Waals surface area (Å²) in [4.78, 5) is 15.4. The van der Waals surface area contributed by atoms with Gasteiger partial charge in [-0.2, -0.15) is 9.97 Å². The van der Waals surface area contributed by atoms with E-state index in [1.807, 2.05) is 54.6 Å². The number of aromatic nitrogens is 4. The molecule has 3 heterocycles. The molecule has 0 bridgehead atoms. The Bertz CT molecular complexity index is 2860. The molecule has 7 aromatic carbocycles. The molecule has 0 spiro atoms. The second-order valence-electron chi connectivity index (χ2n) is 12.5. The largest absolute Gasteiger partial charge is 0.456 e. The fourth-order valence-electron chi connectivity index (χ4n) is 7.04. The Labute approximate surface area is 287 Å².